The minimum absolute atomic E-state index is 0.132. The highest BCUT2D eigenvalue weighted by Gasteiger charge is 2.06. The van der Waals surface area contributed by atoms with Crippen molar-refractivity contribution in [3.63, 3.8) is 0 Å². The van der Waals surface area contributed by atoms with E-state index in [-0.39, 0.29) is 5.75 Å². The van der Waals surface area contributed by atoms with E-state index in [1.165, 1.54) is 12.4 Å². The molecule has 0 bridgehead atoms. The summed E-state index contributed by atoms with van der Waals surface area (Å²) in [4.78, 5) is 11.6. The van der Waals surface area contributed by atoms with Crippen molar-refractivity contribution in [3.05, 3.63) is 59.9 Å². The molecular weight excluding hydrogens is 268 g/mol. The number of aromatic nitrogens is 2. The van der Waals surface area contributed by atoms with Crippen LogP contribution in [0.4, 0.5) is 0 Å². The van der Waals surface area contributed by atoms with Crippen molar-refractivity contribution in [2.45, 2.75) is 0 Å². The van der Waals surface area contributed by atoms with Crippen LogP contribution in [-0.2, 0) is 0 Å². The number of phenols is 1. The van der Waals surface area contributed by atoms with Gasteiger partial charge in [0.25, 0.3) is 5.91 Å². The van der Waals surface area contributed by atoms with Gasteiger partial charge in [-0.25, -0.2) is 5.43 Å². The highest BCUT2D eigenvalue weighted by atomic mass is 16.3. The molecule has 1 amide bonds. The predicted octanol–water partition coefficient (Wildman–Crippen LogP) is 2.03. The fourth-order valence-electron chi connectivity index (χ4n) is 1.98. The van der Waals surface area contributed by atoms with Crippen LogP contribution in [0.1, 0.15) is 16.1 Å². The van der Waals surface area contributed by atoms with Crippen molar-refractivity contribution >= 4 is 22.9 Å². The second-order valence-corrected chi connectivity index (χ2v) is 4.39. The molecule has 3 rings (SSSR count). The number of hydrogen-bond acceptors (Lipinski definition) is 4. The molecule has 2 aromatic carbocycles. The molecule has 0 saturated carbocycles. The Bertz CT molecular complexity index is 810. The molecule has 6 heteroatoms. The third-order valence-electron chi connectivity index (χ3n) is 3.05. The van der Waals surface area contributed by atoms with E-state index in [4.69, 9.17) is 0 Å². The maximum atomic E-state index is 11.6. The summed E-state index contributed by atoms with van der Waals surface area (Å²) < 4.78 is 0. The zero-order chi connectivity index (χ0) is 14.7. The smallest absolute Gasteiger partial charge is 0.289 e. The van der Waals surface area contributed by atoms with Gasteiger partial charge in [-0.15, -0.1) is 0 Å². The second kappa shape index (κ2) is 5.46. The molecule has 104 valence electrons. The number of hydrogen-bond donors (Lipinski definition) is 3. The van der Waals surface area contributed by atoms with E-state index in [0.29, 0.717) is 11.3 Å². The van der Waals surface area contributed by atoms with Gasteiger partial charge in [0.15, 0.2) is 0 Å². The summed E-state index contributed by atoms with van der Waals surface area (Å²) >= 11 is 0. The van der Waals surface area contributed by atoms with Crippen molar-refractivity contribution in [2.75, 3.05) is 0 Å². The number of amides is 1. The Kier molecular flexibility index (Phi) is 3.34. The zero-order valence-electron chi connectivity index (χ0n) is 10.9. The first kappa shape index (κ1) is 12.9. The summed E-state index contributed by atoms with van der Waals surface area (Å²) in [6, 6.07) is 12.7. The second-order valence-electron chi connectivity index (χ2n) is 4.39. The summed E-state index contributed by atoms with van der Waals surface area (Å²) in [6.07, 6.45) is 2.88. The van der Waals surface area contributed by atoms with Crippen LogP contribution >= 0.6 is 0 Å². The van der Waals surface area contributed by atoms with Crippen molar-refractivity contribution in [1.29, 1.82) is 0 Å². The first-order chi connectivity index (χ1) is 10.3. The van der Waals surface area contributed by atoms with Crippen molar-refractivity contribution in [2.24, 2.45) is 5.10 Å². The Labute approximate surface area is 120 Å². The lowest BCUT2D eigenvalue weighted by molar-refractivity contribution is 0.0950. The molecule has 0 unspecified atom stereocenters. The molecule has 0 spiro atoms. The van der Waals surface area contributed by atoms with E-state index < -0.39 is 5.91 Å². The zero-order valence-corrected chi connectivity index (χ0v) is 10.9. The number of phenolic OH excluding ortho intramolecular Hbond substituents is 1. The number of aromatic amines is 1. The largest absolute Gasteiger partial charge is 0.507 e. The standard InChI is InChI=1S/C15H12N4O2/c20-14-11(6-5-10-3-1-2-4-12(10)14)9-17-19-15(21)13-7-8-16-18-13/h1-9,20H,(H,16,18)(H,19,21). The van der Waals surface area contributed by atoms with E-state index in [9.17, 15) is 9.90 Å². The van der Waals surface area contributed by atoms with Crippen LogP contribution in [0.3, 0.4) is 0 Å². The van der Waals surface area contributed by atoms with Crippen LogP contribution < -0.4 is 5.43 Å². The lowest BCUT2D eigenvalue weighted by Crippen LogP contribution is -2.18. The molecule has 1 heterocycles. The number of nitrogens with zero attached hydrogens (tertiary/aromatic N) is 2. The Morgan fingerprint density at radius 2 is 2.10 bits per heavy atom. The minimum Gasteiger partial charge on any atom is -0.507 e. The summed E-state index contributed by atoms with van der Waals surface area (Å²) in [5, 5.41) is 21.9. The first-order valence-electron chi connectivity index (χ1n) is 6.29. The highest BCUT2D eigenvalue weighted by molar-refractivity contribution is 5.98. The Balaban J connectivity index is 1.80. The number of carbonyl (C=O) groups excluding carboxylic acids is 1. The van der Waals surface area contributed by atoms with Gasteiger partial charge in [-0.2, -0.15) is 10.2 Å². The maximum Gasteiger partial charge on any atom is 0.289 e. The molecule has 6 nitrogen and oxygen atoms in total. The van der Waals surface area contributed by atoms with Gasteiger partial charge in [0, 0.05) is 17.1 Å². The predicted molar refractivity (Wildman–Crippen MR) is 79.3 cm³/mol. The topological polar surface area (TPSA) is 90.4 Å². The van der Waals surface area contributed by atoms with Crippen LogP contribution in [0, 0.1) is 0 Å². The number of rotatable bonds is 3. The van der Waals surface area contributed by atoms with Gasteiger partial charge in [-0.1, -0.05) is 30.3 Å². The van der Waals surface area contributed by atoms with Gasteiger partial charge in [-0.3, -0.25) is 9.89 Å². The Morgan fingerprint density at radius 1 is 1.24 bits per heavy atom. The fourth-order valence-corrected chi connectivity index (χ4v) is 1.98. The Morgan fingerprint density at radius 3 is 2.90 bits per heavy atom. The first-order valence-corrected chi connectivity index (χ1v) is 6.29. The summed E-state index contributed by atoms with van der Waals surface area (Å²) in [5.74, 6) is -0.267. The number of benzene rings is 2. The molecule has 0 atom stereocenters. The number of fused-ring (bicyclic) bond motifs is 1. The molecule has 0 aliphatic carbocycles. The third kappa shape index (κ3) is 2.59. The average molecular weight is 280 g/mol. The minimum atomic E-state index is -0.399. The molecule has 3 aromatic rings. The number of H-pyrrole nitrogens is 1. The average Bonchev–Trinajstić information content (AvgIpc) is 3.04. The van der Waals surface area contributed by atoms with Gasteiger partial charge in [0.05, 0.1) is 6.21 Å². The molecular formula is C15H12N4O2. The lowest BCUT2D eigenvalue weighted by atomic mass is 10.1. The maximum absolute atomic E-state index is 11.6. The summed E-state index contributed by atoms with van der Waals surface area (Å²) in [7, 11) is 0. The van der Waals surface area contributed by atoms with Crippen LogP contribution in [0.15, 0.2) is 53.8 Å². The van der Waals surface area contributed by atoms with Crippen molar-refractivity contribution < 1.29 is 9.90 Å². The quantitative estimate of drug-likeness (QED) is 0.506. The Hall–Kier alpha value is -3.15. The molecule has 0 saturated heterocycles. The molecule has 0 fully saturated rings. The van der Waals surface area contributed by atoms with Gasteiger partial charge >= 0.3 is 0 Å². The SMILES string of the molecule is O=C(NN=Cc1ccc2ccccc2c1O)c1ccn[nH]1. The normalized spacial score (nSPS) is 11.0. The van der Waals surface area contributed by atoms with Crippen LogP contribution in [0.2, 0.25) is 0 Å². The van der Waals surface area contributed by atoms with E-state index in [1.54, 1.807) is 12.1 Å². The van der Waals surface area contributed by atoms with E-state index in [1.807, 2.05) is 30.3 Å². The van der Waals surface area contributed by atoms with E-state index >= 15 is 0 Å². The van der Waals surface area contributed by atoms with E-state index in [2.05, 4.69) is 20.7 Å². The lowest BCUT2D eigenvalue weighted by Gasteiger charge is -2.04. The molecule has 21 heavy (non-hydrogen) atoms. The monoisotopic (exact) mass is 280 g/mol. The number of aromatic hydroxyl groups is 1. The molecule has 0 aliphatic rings. The fraction of sp³-hybridized carbons (Fsp3) is 0. The molecule has 3 N–H and O–H groups in total. The number of nitrogens with one attached hydrogen (secondary N) is 2. The molecule has 0 aliphatic heterocycles. The summed E-state index contributed by atoms with van der Waals surface area (Å²) in [6.45, 7) is 0. The van der Waals surface area contributed by atoms with Gasteiger partial charge in [-0.05, 0) is 17.5 Å². The number of hydrazone groups is 1. The molecule has 1 aromatic heterocycles. The summed E-state index contributed by atoms with van der Waals surface area (Å²) in [5.41, 5.74) is 3.20. The highest BCUT2D eigenvalue weighted by Crippen LogP contribution is 2.27. The van der Waals surface area contributed by atoms with E-state index in [0.717, 1.165) is 10.8 Å². The van der Waals surface area contributed by atoms with Crippen LogP contribution in [-0.4, -0.2) is 27.4 Å². The molecule has 0 radical (unpaired) electrons. The number of carbonyl (C=O) groups is 1. The van der Waals surface area contributed by atoms with Gasteiger partial charge < -0.3 is 5.11 Å². The van der Waals surface area contributed by atoms with Crippen molar-refractivity contribution in [1.82, 2.24) is 15.6 Å². The van der Waals surface area contributed by atoms with Crippen molar-refractivity contribution in [3.8, 4) is 5.75 Å². The van der Waals surface area contributed by atoms with Crippen LogP contribution in [0.25, 0.3) is 10.8 Å². The van der Waals surface area contributed by atoms with Gasteiger partial charge in [0.1, 0.15) is 11.4 Å². The van der Waals surface area contributed by atoms with Gasteiger partial charge in [0.2, 0.25) is 0 Å². The third-order valence-corrected chi connectivity index (χ3v) is 3.05. The van der Waals surface area contributed by atoms with Crippen LogP contribution in [0.5, 0.6) is 5.75 Å².